The Bertz CT molecular complexity index is 329. The molecule has 2 rings (SSSR count). The van der Waals surface area contributed by atoms with Crippen molar-refractivity contribution in [2.75, 3.05) is 20.2 Å². The molecule has 0 heterocycles. The summed E-state index contributed by atoms with van der Waals surface area (Å²) < 4.78 is 5.14. The molecule has 1 aromatic carbocycles. The van der Waals surface area contributed by atoms with E-state index in [1.54, 1.807) is 7.11 Å². The highest BCUT2D eigenvalue weighted by molar-refractivity contribution is 5.27. The molecule has 94 valence electrons. The first-order valence-electron chi connectivity index (χ1n) is 6.63. The van der Waals surface area contributed by atoms with Gasteiger partial charge in [0.05, 0.1) is 7.11 Å². The van der Waals surface area contributed by atoms with Crippen LogP contribution in [0.25, 0.3) is 0 Å². The van der Waals surface area contributed by atoms with Gasteiger partial charge in [-0.1, -0.05) is 19.1 Å². The summed E-state index contributed by atoms with van der Waals surface area (Å²) in [6.45, 7) is 4.60. The smallest absolute Gasteiger partial charge is 0.118 e. The van der Waals surface area contributed by atoms with Gasteiger partial charge in [0.1, 0.15) is 5.75 Å². The minimum Gasteiger partial charge on any atom is -0.497 e. The molecule has 1 saturated carbocycles. The summed E-state index contributed by atoms with van der Waals surface area (Å²) in [5.41, 5.74) is 1.37. The third-order valence-electron chi connectivity index (χ3n) is 3.64. The lowest BCUT2D eigenvalue weighted by molar-refractivity contribution is 0.414. The van der Waals surface area contributed by atoms with Gasteiger partial charge in [-0.05, 0) is 61.9 Å². The van der Waals surface area contributed by atoms with Crippen molar-refractivity contribution in [2.45, 2.75) is 26.2 Å². The zero-order valence-electron chi connectivity index (χ0n) is 10.9. The molecule has 17 heavy (non-hydrogen) atoms. The van der Waals surface area contributed by atoms with Crippen LogP contribution in [-0.2, 0) is 6.42 Å². The minimum atomic E-state index is 0.853. The van der Waals surface area contributed by atoms with Crippen LogP contribution >= 0.6 is 0 Å². The van der Waals surface area contributed by atoms with E-state index in [1.165, 1.54) is 24.9 Å². The SMILES string of the molecule is COc1ccc(CCNCC(C)C2CC2)cc1. The quantitative estimate of drug-likeness (QED) is 0.731. The number of hydrogen-bond donors (Lipinski definition) is 1. The van der Waals surface area contributed by atoms with Crippen molar-refractivity contribution >= 4 is 0 Å². The monoisotopic (exact) mass is 233 g/mol. The topological polar surface area (TPSA) is 21.3 Å². The highest BCUT2D eigenvalue weighted by Crippen LogP contribution is 2.35. The summed E-state index contributed by atoms with van der Waals surface area (Å²) >= 11 is 0. The molecule has 1 aliphatic carbocycles. The molecule has 1 aromatic rings. The van der Waals surface area contributed by atoms with Crippen LogP contribution in [0.2, 0.25) is 0 Å². The largest absolute Gasteiger partial charge is 0.497 e. The van der Waals surface area contributed by atoms with Gasteiger partial charge in [-0.15, -0.1) is 0 Å². The van der Waals surface area contributed by atoms with Crippen LogP contribution in [0, 0.1) is 11.8 Å². The van der Waals surface area contributed by atoms with Crippen LogP contribution < -0.4 is 10.1 Å². The summed E-state index contributed by atoms with van der Waals surface area (Å²) in [6, 6.07) is 8.35. The van der Waals surface area contributed by atoms with Gasteiger partial charge < -0.3 is 10.1 Å². The predicted octanol–water partition coefficient (Wildman–Crippen LogP) is 2.87. The van der Waals surface area contributed by atoms with Crippen LogP contribution in [0.1, 0.15) is 25.3 Å². The lowest BCUT2D eigenvalue weighted by Crippen LogP contribution is -2.24. The molecule has 0 radical (unpaired) electrons. The maximum Gasteiger partial charge on any atom is 0.118 e. The average Bonchev–Trinajstić information content (AvgIpc) is 3.19. The van der Waals surface area contributed by atoms with Gasteiger partial charge in [-0.25, -0.2) is 0 Å². The zero-order valence-corrected chi connectivity index (χ0v) is 10.9. The second-order valence-electron chi connectivity index (χ2n) is 5.12. The van der Waals surface area contributed by atoms with Crippen LogP contribution in [0.4, 0.5) is 0 Å². The van der Waals surface area contributed by atoms with E-state index in [-0.39, 0.29) is 0 Å². The van der Waals surface area contributed by atoms with Crippen molar-refractivity contribution in [1.82, 2.24) is 5.32 Å². The second kappa shape index (κ2) is 6.06. The Morgan fingerprint density at radius 1 is 1.29 bits per heavy atom. The van der Waals surface area contributed by atoms with Gasteiger partial charge in [0, 0.05) is 0 Å². The van der Waals surface area contributed by atoms with E-state index in [2.05, 4.69) is 24.4 Å². The van der Waals surface area contributed by atoms with E-state index in [0.29, 0.717) is 0 Å². The lowest BCUT2D eigenvalue weighted by atomic mass is 10.1. The zero-order chi connectivity index (χ0) is 12.1. The Morgan fingerprint density at radius 3 is 2.59 bits per heavy atom. The number of hydrogen-bond acceptors (Lipinski definition) is 2. The maximum atomic E-state index is 5.14. The third-order valence-corrected chi connectivity index (χ3v) is 3.64. The molecule has 0 saturated heterocycles. The fourth-order valence-corrected chi connectivity index (χ4v) is 2.19. The summed E-state index contributed by atoms with van der Waals surface area (Å²) in [5, 5.41) is 3.55. The molecule has 1 N–H and O–H groups in total. The number of methoxy groups -OCH3 is 1. The molecule has 1 atom stereocenters. The average molecular weight is 233 g/mol. The molecule has 0 amide bonds. The Balaban J connectivity index is 1.63. The van der Waals surface area contributed by atoms with Crippen molar-refractivity contribution in [3.8, 4) is 5.75 Å². The first-order valence-corrected chi connectivity index (χ1v) is 6.63. The first kappa shape index (κ1) is 12.4. The lowest BCUT2D eigenvalue weighted by Gasteiger charge is -2.11. The molecule has 2 heteroatoms. The molecular formula is C15H23NO. The van der Waals surface area contributed by atoms with E-state index >= 15 is 0 Å². The summed E-state index contributed by atoms with van der Waals surface area (Å²) in [7, 11) is 1.70. The second-order valence-corrected chi connectivity index (χ2v) is 5.12. The molecule has 1 fully saturated rings. The molecule has 0 bridgehead atoms. The van der Waals surface area contributed by atoms with Crippen LogP contribution in [0.15, 0.2) is 24.3 Å². The van der Waals surface area contributed by atoms with Gasteiger partial charge in [-0.3, -0.25) is 0 Å². The van der Waals surface area contributed by atoms with Crippen molar-refractivity contribution in [2.24, 2.45) is 11.8 Å². The van der Waals surface area contributed by atoms with Crippen LogP contribution in [-0.4, -0.2) is 20.2 Å². The maximum absolute atomic E-state index is 5.14. The number of nitrogens with one attached hydrogen (secondary N) is 1. The molecule has 0 aromatic heterocycles. The predicted molar refractivity (Wildman–Crippen MR) is 71.5 cm³/mol. The summed E-state index contributed by atoms with van der Waals surface area (Å²) in [4.78, 5) is 0. The number of ether oxygens (including phenoxy) is 1. The molecule has 1 unspecified atom stereocenters. The Kier molecular flexibility index (Phi) is 4.43. The summed E-state index contributed by atoms with van der Waals surface area (Å²) in [6.07, 6.45) is 3.99. The molecule has 1 aliphatic rings. The van der Waals surface area contributed by atoms with Gasteiger partial charge in [-0.2, -0.15) is 0 Å². The summed E-state index contributed by atoms with van der Waals surface area (Å²) in [5.74, 6) is 2.79. The van der Waals surface area contributed by atoms with E-state index in [4.69, 9.17) is 4.74 Å². The fraction of sp³-hybridized carbons (Fsp3) is 0.600. The number of rotatable bonds is 7. The van der Waals surface area contributed by atoms with Gasteiger partial charge in [0.15, 0.2) is 0 Å². The number of benzene rings is 1. The third kappa shape index (κ3) is 4.04. The Morgan fingerprint density at radius 2 is 2.00 bits per heavy atom. The van der Waals surface area contributed by atoms with Crippen molar-refractivity contribution in [1.29, 1.82) is 0 Å². The normalized spacial score (nSPS) is 16.8. The van der Waals surface area contributed by atoms with Gasteiger partial charge >= 0.3 is 0 Å². The van der Waals surface area contributed by atoms with E-state index < -0.39 is 0 Å². The first-order chi connectivity index (χ1) is 8.29. The molecule has 2 nitrogen and oxygen atoms in total. The Hall–Kier alpha value is -1.02. The molecular weight excluding hydrogens is 210 g/mol. The van der Waals surface area contributed by atoms with E-state index in [9.17, 15) is 0 Å². The van der Waals surface area contributed by atoms with E-state index in [1.807, 2.05) is 12.1 Å². The van der Waals surface area contributed by atoms with E-state index in [0.717, 1.165) is 30.6 Å². The molecule has 0 spiro atoms. The van der Waals surface area contributed by atoms with Gasteiger partial charge in [0.2, 0.25) is 0 Å². The van der Waals surface area contributed by atoms with Gasteiger partial charge in [0.25, 0.3) is 0 Å². The van der Waals surface area contributed by atoms with Crippen molar-refractivity contribution in [3.05, 3.63) is 29.8 Å². The van der Waals surface area contributed by atoms with Crippen molar-refractivity contribution in [3.63, 3.8) is 0 Å². The Labute approximate surface area is 104 Å². The van der Waals surface area contributed by atoms with Crippen LogP contribution in [0.3, 0.4) is 0 Å². The standard InChI is InChI=1S/C15H23NO/c1-12(14-5-6-14)11-16-10-9-13-3-7-15(17-2)8-4-13/h3-4,7-8,12,14,16H,5-6,9-11H2,1-2H3. The minimum absolute atomic E-state index is 0.853. The highest BCUT2D eigenvalue weighted by Gasteiger charge is 2.27. The highest BCUT2D eigenvalue weighted by atomic mass is 16.5. The fourth-order valence-electron chi connectivity index (χ4n) is 2.19. The van der Waals surface area contributed by atoms with Crippen molar-refractivity contribution < 1.29 is 4.74 Å². The molecule has 0 aliphatic heterocycles. The van der Waals surface area contributed by atoms with Crippen LogP contribution in [0.5, 0.6) is 5.75 Å².